The Morgan fingerprint density at radius 2 is 1.89 bits per heavy atom. The lowest BCUT2D eigenvalue weighted by Crippen LogP contribution is -2.16. The second-order valence-electron chi connectivity index (χ2n) is 6.25. The molecule has 0 aliphatic carbocycles. The van der Waals surface area contributed by atoms with Crippen LogP contribution in [0.2, 0.25) is 0 Å². The molecule has 0 fully saturated rings. The van der Waals surface area contributed by atoms with Gasteiger partial charge in [0.15, 0.2) is 5.82 Å². The molecule has 0 radical (unpaired) electrons. The number of fused-ring (bicyclic) bond motifs is 1. The molecule has 0 aliphatic heterocycles. The SMILES string of the molecule is Cn1ccc(NC(=O)c2c3cc(OCc4ccccc4)ccc3nn2C)n1. The van der Waals surface area contributed by atoms with Crippen molar-refractivity contribution in [3.05, 3.63) is 72.1 Å². The molecule has 0 saturated heterocycles. The summed E-state index contributed by atoms with van der Waals surface area (Å²) in [6.45, 7) is 0.460. The van der Waals surface area contributed by atoms with E-state index in [1.165, 1.54) is 0 Å². The van der Waals surface area contributed by atoms with Gasteiger partial charge in [0.05, 0.1) is 5.52 Å². The van der Waals surface area contributed by atoms with Crippen LogP contribution in [0.3, 0.4) is 0 Å². The number of aryl methyl sites for hydroxylation is 2. The molecule has 1 amide bonds. The largest absolute Gasteiger partial charge is 0.489 e. The number of aromatic nitrogens is 4. The van der Waals surface area contributed by atoms with Gasteiger partial charge in [0.1, 0.15) is 18.1 Å². The molecule has 7 heteroatoms. The predicted octanol–water partition coefficient (Wildman–Crippen LogP) is 3.14. The fourth-order valence-electron chi connectivity index (χ4n) is 2.94. The van der Waals surface area contributed by atoms with E-state index in [0.29, 0.717) is 23.9 Å². The molecule has 7 nitrogen and oxygen atoms in total. The minimum atomic E-state index is -0.265. The van der Waals surface area contributed by atoms with Crippen molar-refractivity contribution in [1.29, 1.82) is 0 Å². The third kappa shape index (κ3) is 3.52. The lowest BCUT2D eigenvalue weighted by Gasteiger charge is -2.07. The normalized spacial score (nSPS) is 10.9. The fraction of sp³-hybridized carbons (Fsp3) is 0.150. The van der Waals surface area contributed by atoms with Crippen LogP contribution in [-0.4, -0.2) is 25.5 Å². The summed E-state index contributed by atoms with van der Waals surface area (Å²) < 4.78 is 9.09. The van der Waals surface area contributed by atoms with Crippen LogP contribution < -0.4 is 10.1 Å². The molecule has 0 saturated carbocycles. The van der Waals surface area contributed by atoms with Gasteiger partial charge in [-0.3, -0.25) is 14.2 Å². The zero-order valence-electron chi connectivity index (χ0n) is 15.1. The van der Waals surface area contributed by atoms with E-state index in [1.807, 2.05) is 48.5 Å². The smallest absolute Gasteiger partial charge is 0.275 e. The van der Waals surface area contributed by atoms with Gasteiger partial charge in [-0.15, -0.1) is 0 Å². The summed E-state index contributed by atoms with van der Waals surface area (Å²) in [4.78, 5) is 12.7. The van der Waals surface area contributed by atoms with Crippen molar-refractivity contribution < 1.29 is 9.53 Å². The van der Waals surface area contributed by atoms with Crippen molar-refractivity contribution in [2.45, 2.75) is 6.61 Å². The number of carbonyl (C=O) groups excluding carboxylic acids is 1. The van der Waals surface area contributed by atoms with E-state index in [1.54, 1.807) is 35.7 Å². The third-order valence-corrected chi connectivity index (χ3v) is 4.22. The molecule has 136 valence electrons. The number of rotatable bonds is 5. The first-order valence-electron chi connectivity index (χ1n) is 8.54. The minimum absolute atomic E-state index is 0.265. The monoisotopic (exact) mass is 361 g/mol. The number of carbonyl (C=O) groups is 1. The van der Waals surface area contributed by atoms with Crippen molar-refractivity contribution >= 4 is 22.6 Å². The Hall–Kier alpha value is -3.61. The Balaban J connectivity index is 1.60. The molecule has 4 aromatic rings. The Morgan fingerprint density at radius 1 is 1.07 bits per heavy atom. The second kappa shape index (κ2) is 6.95. The first-order valence-corrected chi connectivity index (χ1v) is 8.54. The maximum Gasteiger partial charge on any atom is 0.275 e. The maximum atomic E-state index is 12.7. The number of hydrogen-bond donors (Lipinski definition) is 1. The highest BCUT2D eigenvalue weighted by atomic mass is 16.5. The van der Waals surface area contributed by atoms with Crippen LogP contribution in [0.5, 0.6) is 5.75 Å². The summed E-state index contributed by atoms with van der Waals surface area (Å²) in [6.07, 6.45) is 1.77. The number of ether oxygens (including phenoxy) is 1. The molecule has 1 N–H and O–H groups in total. The molecule has 2 aromatic heterocycles. The van der Waals surface area contributed by atoms with Gasteiger partial charge >= 0.3 is 0 Å². The van der Waals surface area contributed by atoms with Crippen LogP contribution in [0.4, 0.5) is 5.82 Å². The van der Waals surface area contributed by atoms with Crippen LogP contribution in [-0.2, 0) is 20.7 Å². The van der Waals surface area contributed by atoms with Gasteiger partial charge < -0.3 is 10.1 Å². The molecule has 27 heavy (non-hydrogen) atoms. The molecule has 0 bridgehead atoms. The molecule has 2 aromatic carbocycles. The molecular weight excluding hydrogens is 342 g/mol. The summed E-state index contributed by atoms with van der Waals surface area (Å²) in [5.74, 6) is 0.915. The van der Waals surface area contributed by atoms with Crippen molar-refractivity contribution in [3.63, 3.8) is 0 Å². The van der Waals surface area contributed by atoms with E-state index in [-0.39, 0.29) is 5.91 Å². The highest BCUT2D eigenvalue weighted by Gasteiger charge is 2.18. The Labute approximate surface area is 156 Å². The second-order valence-corrected chi connectivity index (χ2v) is 6.25. The van der Waals surface area contributed by atoms with Crippen LogP contribution in [0, 0.1) is 0 Å². The first-order chi connectivity index (χ1) is 13.1. The maximum absolute atomic E-state index is 12.7. The molecule has 0 spiro atoms. The van der Waals surface area contributed by atoms with Crippen LogP contribution in [0.25, 0.3) is 10.9 Å². The average Bonchev–Trinajstić information content (AvgIpc) is 3.22. The van der Waals surface area contributed by atoms with Crippen LogP contribution in [0.1, 0.15) is 16.1 Å². The quantitative estimate of drug-likeness (QED) is 0.593. The molecule has 0 unspecified atom stereocenters. The zero-order chi connectivity index (χ0) is 18.8. The number of benzene rings is 2. The zero-order valence-corrected chi connectivity index (χ0v) is 15.1. The van der Waals surface area contributed by atoms with Crippen molar-refractivity contribution in [1.82, 2.24) is 19.6 Å². The van der Waals surface area contributed by atoms with Gasteiger partial charge in [-0.25, -0.2) is 0 Å². The summed E-state index contributed by atoms with van der Waals surface area (Å²) in [5, 5.41) is 12.1. The standard InChI is InChI=1S/C20H19N5O2/c1-24-11-10-18(23-24)21-20(26)19-16-12-15(8-9-17(16)22-25(19)2)27-13-14-6-4-3-5-7-14/h3-12H,13H2,1-2H3,(H,21,23,26). The summed E-state index contributed by atoms with van der Waals surface area (Å²) in [7, 11) is 3.54. The van der Waals surface area contributed by atoms with Crippen molar-refractivity contribution in [3.8, 4) is 5.75 Å². The Bertz CT molecular complexity index is 1100. The topological polar surface area (TPSA) is 74.0 Å². The molecule has 0 atom stereocenters. The fourth-order valence-corrected chi connectivity index (χ4v) is 2.94. The minimum Gasteiger partial charge on any atom is -0.489 e. The van der Waals surface area contributed by atoms with E-state index >= 15 is 0 Å². The van der Waals surface area contributed by atoms with E-state index in [2.05, 4.69) is 15.5 Å². The van der Waals surface area contributed by atoms with Gasteiger partial charge in [-0.1, -0.05) is 30.3 Å². The molecule has 2 heterocycles. The van der Waals surface area contributed by atoms with Crippen molar-refractivity contribution in [2.24, 2.45) is 14.1 Å². The number of amides is 1. The first kappa shape index (κ1) is 16.8. The van der Waals surface area contributed by atoms with Gasteiger partial charge in [0.2, 0.25) is 0 Å². The van der Waals surface area contributed by atoms with E-state index < -0.39 is 0 Å². The van der Waals surface area contributed by atoms with E-state index in [9.17, 15) is 4.79 Å². The van der Waals surface area contributed by atoms with E-state index in [4.69, 9.17) is 4.74 Å². The van der Waals surface area contributed by atoms with Gasteiger partial charge in [-0.2, -0.15) is 10.2 Å². The highest BCUT2D eigenvalue weighted by Crippen LogP contribution is 2.25. The number of nitrogens with zero attached hydrogens (tertiary/aromatic N) is 4. The molecule has 0 aliphatic rings. The molecular formula is C20H19N5O2. The Kier molecular flexibility index (Phi) is 4.33. The Morgan fingerprint density at radius 3 is 2.63 bits per heavy atom. The van der Waals surface area contributed by atoms with Gasteiger partial charge in [0, 0.05) is 31.7 Å². The highest BCUT2D eigenvalue weighted by molar-refractivity contribution is 6.11. The summed E-state index contributed by atoms with van der Waals surface area (Å²) in [5.41, 5.74) is 2.27. The summed E-state index contributed by atoms with van der Waals surface area (Å²) in [6, 6.07) is 17.2. The van der Waals surface area contributed by atoms with Gasteiger partial charge in [0.25, 0.3) is 5.91 Å². The summed E-state index contributed by atoms with van der Waals surface area (Å²) >= 11 is 0. The van der Waals surface area contributed by atoms with Crippen LogP contribution >= 0.6 is 0 Å². The van der Waals surface area contributed by atoms with Crippen molar-refractivity contribution in [2.75, 3.05) is 5.32 Å². The lowest BCUT2D eigenvalue weighted by molar-refractivity contribution is 0.101. The number of anilines is 1. The third-order valence-electron chi connectivity index (χ3n) is 4.22. The molecule has 4 rings (SSSR count). The lowest BCUT2D eigenvalue weighted by atomic mass is 10.2. The van der Waals surface area contributed by atoms with Gasteiger partial charge in [-0.05, 0) is 23.8 Å². The number of hydrogen-bond acceptors (Lipinski definition) is 4. The number of nitrogens with one attached hydrogen (secondary N) is 1. The average molecular weight is 361 g/mol. The predicted molar refractivity (Wildman–Crippen MR) is 103 cm³/mol. The van der Waals surface area contributed by atoms with E-state index in [0.717, 1.165) is 16.5 Å². The van der Waals surface area contributed by atoms with Crippen LogP contribution in [0.15, 0.2) is 60.8 Å².